The first-order chi connectivity index (χ1) is 11.5. The zero-order valence-corrected chi connectivity index (χ0v) is 14.9. The Kier molecular flexibility index (Phi) is 5.55. The van der Waals surface area contributed by atoms with Crippen LogP contribution in [0.15, 0.2) is 41.8 Å². The number of likely N-dealkylation sites (tertiary alicyclic amines) is 1. The molecule has 0 spiro atoms. The van der Waals surface area contributed by atoms with Crippen LogP contribution in [-0.4, -0.2) is 42.9 Å². The first-order valence-corrected chi connectivity index (χ1v) is 9.84. The van der Waals surface area contributed by atoms with Crippen molar-refractivity contribution in [2.45, 2.75) is 24.4 Å². The van der Waals surface area contributed by atoms with Crippen molar-refractivity contribution in [2.75, 3.05) is 19.6 Å². The molecule has 0 unspecified atom stereocenters. The zero-order valence-electron chi connectivity index (χ0n) is 13.3. The zero-order chi connectivity index (χ0) is 17.0. The summed E-state index contributed by atoms with van der Waals surface area (Å²) in [6.45, 7) is 3.32. The third-order valence-electron chi connectivity index (χ3n) is 4.35. The number of hydrogen-bond acceptors (Lipinski definition) is 4. The molecule has 1 aliphatic rings. The summed E-state index contributed by atoms with van der Waals surface area (Å²) >= 11 is 5.91. The Morgan fingerprint density at radius 3 is 2.58 bits per heavy atom. The van der Waals surface area contributed by atoms with Crippen LogP contribution in [0, 0.1) is 5.92 Å². The number of hydrogen-bond donors (Lipinski definition) is 2. The number of benzene rings is 1. The Balaban J connectivity index is 1.44. The Hall–Kier alpha value is -1.41. The lowest BCUT2D eigenvalue weighted by Gasteiger charge is -2.32. The SMILES string of the molecule is O=S(=O)(NCC1CCN(Cc2ccc(Cl)cc2)CC1)c1cnc[nH]1. The van der Waals surface area contributed by atoms with Crippen LogP contribution in [0.1, 0.15) is 18.4 Å². The first-order valence-electron chi connectivity index (χ1n) is 7.98. The summed E-state index contributed by atoms with van der Waals surface area (Å²) in [6.07, 6.45) is 4.65. The number of aromatic nitrogens is 2. The number of sulfonamides is 1. The molecule has 0 saturated carbocycles. The summed E-state index contributed by atoms with van der Waals surface area (Å²) in [5, 5.41) is 0.865. The van der Waals surface area contributed by atoms with Crippen molar-refractivity contribution in [3.63, 3.8) is 0 Å². The van der Waals surface area contributed by atoms with Gasteiger partial charge in [-0.3, -0.25) is 4.90 Å². The highest BCUT2D eigenvalue weighted by Crippen LogP contribution is 2.20. The fourth-order valence-corrected chi connectivity index (χ4v) is 4.04. The van der Waals surface area contributed by atoms with E-state index in [1.807, 2.05) is 24.3 Å². The highest BCUT2D eigenvalue weighted by molar-refractivity contribution is 7.89. The first kappa shape index (κ1) is 17.4. The van der Waals surface area contributed by atoms with Crippen LogP contribution in [-0.2, 0) is 16.6 Å². The van der Waals surface area contributed by atoms with Gasteiger partial charge in [0.2, 0.25) is 0 Å². The topological polar surface area (TPSA) is 78.1 Å². The maximum absolute atomic E-state index is 12.1. The minimum absolute atomic E-state index is 0.114. The minimum Gasteiger partial charge on any atom is -0.335 e. The fourth-order valence-electron chi connectivity index (χ4n) is 2.89. The second kappa shape index (κ2) is 7.65. The van der Waals surface area contributed by atoms with Crippen LogP contribution in [0.2, 0.25) is 5.02 Å². The van der Waals surface area contributed by atoms with Gasteiger partial charge in [-0.2, -0.15) is 0 Å². The van der Waals surface area contributed by atoms with Crippen molar-refractivity contribution >= 4 is 21.6 Å². The molecule has 2 N–H and O–H groups in total. The molecule has 0 aliphatic carbocycles. The Labute approximate surface area is 147 Å². The lowest BCUT2D eigenvalue weighted by atomic mass is 9.97. The van der Waals surface area contributed by atoms with Gasteiger partial charge >= 0.3 is 0 Å². The molecular formula is C16H21ClN4O2S. The number of rotatable bonds is 6. The predicted molar refractivity (Wildman–Crippen MR) is 93.2 cm³/mol. The van der Waals surface area contributed by atoms with Gasteiger partial charge in [0.25, 0.3) is 10.0 Å². The van der Waals surface area contributed by atoms with Crippen LogP contribution < -0.4 is 4.72 Å². The third kappa shape index (κ3) is 4.57. The van der Waals surface area contributed by atoms with Gasteiger partial charge in [-0.15, -0.1) is 0 Å². The van der Waals surface area contributed by atoms with Crippen LogP contribution >= 0.6 is 11.6 Å². The van der Waals surface area contributed by atoms with Gasteiger partial charge in [0.15, 0.2) is 5.03 Å². The number of nitrogens with one attached hydrogen (secondary N) is 2. The van der Waals surface area contributed by atoms with E-state index >= 15 is 0 Å². The molecule has 0 radical (unpaired) electrons. The number of H-pyrrole nitrogens is 1. The molecule has 24 heavy (non-hydrogen) atoms. The maximum atomic E-state index is 12.1. The molecule has 2 aromatic rings. The molecule has 8 heteroatoms. The molecule has 0 amide bonds. The largest absolute Gasteiger partial charge is 0.335 e. The number of piperidine rings is 1. The van der Waals surface area contributed by atoms with Crippen molar-refractivity contribution in [3.05, 3.63) is 47.4 Å². The van der Waals surface area contributed by atoms with E-state index in [-0.39, 0.29) is 5.03 Å². The summed E-state index contributed by atoms with van der Waals surface area (Å²) in [5.41, 5.74) is 1.25. The molecule has 0 atom stereocenters. The van der Waals surface area contributed by atoms with Crippen molar-refractivity contribution in [2.24, 2.45) is 5.92 Å². The van der Waals surface area contributed by atoms with E-state index < -0.39 is 10.0 Å². The van der Waals surface area contributed by atoms with Gasteiger partial charge < -0.3 is 4.98 Å². The molecule has 1 fully saturated rings. The number of halogens is 1. The maximum Gasteiger partial charge on any atom is 0.257 e. The highest BCUT2D eigenvalue weighted by Gasteiger charge is 2.22. The van der Waals surface area contributed by atoms with Crippen LogP contribution in [0.5, 0.6) is 0 Å². The van der Waals surface area contributed by atoms with Gasteiger partial charge in [0.1, 0.15) is 0 Å². The minimum atomic E-state index is -3.48. The molecule has 1 aromatic heterocycles. The van der Waals surface area contributed by atoms with Gasteiger partial charge in [0, 0.05) is 18.1 Å². The number of imidazole rings is 1. The quantitative estimate of drug-likeness (QED) is 0.819. The van der Waals surface area contributed by atoms with Crippen molar-refractivity contribution in [1.29, 1.82) is 0 Å². The van der Waals surface area contributed by atoms with E-state index in [0.717, 1.165) is 37.5 Å². The van der Waals surface area contributed by atoms with E-state index in [9.17, 15) is 8.42 Å². The normalized spacial score (nSPS) is 17.2. The van der Waals surface area contributed by atoms with E-state index in [2.05, 4.69) is 19.6 Å². The van der Waals surface area contributed by atoms with Gasteiger partial charge in [0.05, 0.1) is 12.5 Å². The van der Waals surface area contributed by atoms with Crippen molar-refractivity contribution in [3.8, 4) is 0 Å². The molecule has 130 valence electrons. The van der Waals surface area contributed by atoms with Gasteiger partial charge in [-0.25, -0.2) is 18.1 Å². The Morgan fingerprint density at radius 2 is 1.96 bits per heavy atom. The van der Waals surface area contributed by atoms with Crippen molar-refractivity contribution < 1.29 is 8.42 Å². The predicted octanol–water partition coefficient (Wildman–Crippen LogP) is 2.25. The molecule has 2 heterocycles. The van der Waals surface area contributed by atoms with Gasteiger partial charge in [-0.1, -0.05) is 23.7 Å². The Morgan fingerprint density at radius 1 is 1.25 bits per heavy atom. The van der Waals surface area contributed by atoms with E-state index in [1.54, 1.807) is 0 Å². The number of aromatic amines is 1. The second-order valence-corrected chi connectivity index (χ2v) is 8.29. The Bertz CT molecular complexity index is 739. The fraction of sp³-hybridized carbons (Fsp3) is 0.438. The molecule has 0 bridgehead atoms. The smallest absolute Gasteiger partial charge is 0.257 e. The highest BCUT2D eigenvalue weighted by atomic mass is 35.5. The molecule has 6 nitrogen and oxygen atoms in total. The third-order valence-corrected chi connectivity index (χ3v) is 5.95. The summed E-state index contributed by atoms with van der Waals surface area (Å²) in [5.74, 6) is 0.365. The summed E-state index contributed by atoms with van der Waals surface area (Å²) in [7, 11) is -3.48. The molecule has 3 rings (SSSR count). The molecule has 1 aliphatic heterocycles. The molecule has 1 saturated heterocycles. The summed E-state index contributed by atoms with van der Waals surface area (Å²) in [4.78, 5) is 8.77. The van der Waals surface area contributed by atoms with Gasteiger partial charge in [-0.05, 0) is 49.5 Å². The monoisotopic (exact) mass is 368 g/mol. The average molecular weight is 369 g/mol. The standard InChI is InChI=1S/C16H21ClN4O2S/c17-15-3-1-14(2-4-15)11-21-7-5-13(6-8-21)9-20-24(22,23)16-10-18-12-19-16/h1-4,10,12-13,20H,5-9,11H2,(H,18,19). The molecular weight excluding hydrogens is 348 g/mol. The lowest BCUT2D eigenvalue weighted by molar-refractivity contribution is 0.178. The van der Waals surface area contributed by atoms with Crippen LogP contribution in [0.4, 0.5) is 0 Å². The van der Waals surface area contributed by atoms with Crippen LogP contribution in [0.25, 0.3) is 0 Å². The number of nitrogens with zero attached hydrogens (tertiary/aromatic N) is 2. The summed E-state index contributed by atoms with van der Waals surface area (Å²) in [6, 6.07) is 7.92. The second-order valence-electron chi connectivity index (χ2n) is 6.11. The lowest BCUT2D eigenvalue weighted by Crippen LogP contribution is -2.38. The van der Waals surface area contributed by atoms with E-state index in [4.69, 9.17) is 11.6 Å². The molecule has 1 aromatic carbocycles. The summed E-state index contributed by atoms with van der Waals surface area (Å²) < 4.78 is 26.8. The van der Waals surface area contributed by atoms with Crippen LogP contribution in [0.3, 0.4) is 0 Å². The average Bonchev–Trinajstić information content (AvgIpc) is 3.12. The van der Waals surface area contributed by atoms with E-state index in [0.29, 0.717) is 12.5 Å². The van der Waals surface area contributed by atoms with Crippen molar-refractivity contribution in [1.82, 2.24) is 19.6 Å². The van der Waals surface area contributed by atoms with E-state index in [1.165, 1.54) is 18.1 Å².